The van der Waals surface area contributed by atoms with Crippen molar-refractivity contribution in [3.05, 3.63) is 29.8 Å². The molecule has 1 aromatic carbocycles. The summed E-state index contributed by atoms with van der Waals surface area (Å²) in [6.07, 6.45) is 1.36. The van der Waals surface area contributed by atoms with Gasteiger partial charge in [0.15, 0.2) is 0 Å². The highest BCUT2D eigenvalue weighted by molar-refractivity contribution is 5.78. The van der Waals surface area contributed by atoms with Gasteiger partial charge in [0.05, 0.1) is 6.34 Å². The lowest BCUT2D eigenvalue weighted by molar-refractivity contribution is 1.06. The van der Waals surface area contributed by atoms with Gasteiger partial charge in [-0.2, -0.15) is 0 Å². The van der Waals surface area contributed by atoms with Crippen LogP contribution in [0.5, 0.6) is 0 Å². The SMILES string of the molecule is CCN(C=N)c1ccccc1C. The normalized spacial score (nSPS) is 9.50. The predicted octanol–water partition coefficient (Wildman–Crippen LogP) is 2.43. The number of nitrogens with zero attached hydrogens (tertiary/aromatic N) is 1. The molecule has 0 bridgehead atoms. The van der Waals surface area contributed by atoms with Gasteiger partial charge in [0, 0.05) is 12.2 Å². The molecule has 1 N–H and O–H groups in total. The Kier molecular flexibility index (Phi) is 2.86. The quantitative estimate of drug-likeness (QED) is 0.536. The van der Waals surface area contributed by atoms with Crippen molar-refractivity contribution in [3.63, 3.8) is 0 Å². The second kappa shape index (κ2) is 3.90. The van der Waals surface area contributed by atoms with Crippen LogP contribution in [0.3, 0.4) is 0 Å². The molecule has 0 saturated heterocycles. The average molecular weight is 162 g/mol. The lowest BCUT2D eigenvalue weighted by Crippen LogP contribution is -2.20. The summed E-state index contributed by atoms with van der Waals surface area (Å²) < 4.78 is 0. The molecule has 0 aliphatic heterocycles. The summed E-state index contributed by atoms with van der Waals surface area (Å²) in [5.41, 5.74) is 2.33. The van der Waals surface area contributed by atoms with E-state index in [0.717, 1.165) is 12.2 Å². The van der Waals surface area contributed by atoms with Gasteiger partial charge in [0.2, 0.25) is 0 Å². The monoisotopic (exact) mass is 162 g/mol. The van der Waals surface area contributed by atoms with Crippen LogP contribution in [0.2, 0.25) is 0 Å². The molecule has 12 heavy (non-hydrogen) atoms. The highest BCUT2D eigenvalue weighted by atomic mass is 15.1. The zero-order valence-corrected chi connectivity index (χ0v) is 7.54. The van der Waals surface area contributed by atoms with Crippen LogP contribution in [-0.2, 0) is 0 Å². The first-order valence-electron chi connectivity index (χ1n) is 4.12. The zero-order valence-electron chi connectivity index (χ0n) is 7.54. The number of benzene rings is 1. The number of rotatable bonds is 3. The largest absolute Gasteiger partial charge is 0.333 e. The molecule has 0 aliphatic carbocycles. The first-order chi connectivity index (χ1) is 5.79. The second-order valence-electron chi connectivity index (χ2n) is 2.70. The van der Waals surface area contributed by atoms with Crippen molar-refractivity contribution < 1.29 is 0 Å². The van der Waals surface area contributed by atoms with Crippen LogP contribution < -0.4 is 4.90 Å². The van der Waals surface area contributed by atoms with Gasteiger partial charge in [-0.05, 0) is 25.5 Å². The molecule has 2 heteroatoms. The van der Waals surface area contributed by atoms with Crippen molar-refractivity contribution in [3.8, 4) is 0 Å². The Morgan fingerprint density at radius 3 is 2.58 bits per heavy atom. The molecule has 0 unspecified atom stereocenters. The molecule has 1 aromatic rings. The molecule has 0 heterocycles. The van der Waals surface area contributed by atoms with Crippen molar-refractivity contribution >= 4 is 12.0 Å². The summed E-state index contributed by atoms with van der Waals surface area (Å²) in [6, 6.07) is 8.09. The second-order valence-corrected chi connectivity index (χ2v) is 2.70. The molecule has 0 amide bonds. The van der Waals surface area contributed by atoms with Gasteiger partial charge in [-0.1, -0.05) is 18.2 Å². The minimum absolute atomic E-state index is 0.842. The summed E-state index contributed by atoms with van der Waals surface area (Å²) in [5.74, 6) is 0. The maximum absolute atomic E-state index is 7.19. The van der Waals surface area contributed by atoms with Crippen LogP contribution in [0.25, 0.3) is 0 Å². The van der Waals surface area contributed by atoms with Crippen LogP contribution >= 0.6 is 0 Å². The van der Waals surface area contributed by atoms with E-state index >= 15 is 0 Å². The van der Waals surface area contributed by atoms with Gasteiger partial charge in [0.1, 0.15) is 0 Å². The third kappa shape index (κ3) is 1.64. The number of aryl methyl sites for hydroxylation is 1. The lowest BCUT2D eigenvalue weighted by atomic mass is 10.2. The molecule has 0 fully saturated rings. The van der Waals surface area contributed by atoms with Crippen LogP contribution in [-0.4, -0.2) is 12.9 Å². The highest BCUT2D eigenvalue weighted by Crippen LogP contribution is 2.17. The molecule has 0 atom stereocenters. The number of nitrogens with one attached hydrogen (secondary N) is 1. The summed E-state index contributed by atoms with van der Waals surface area (Å²) in [5, 5.41) is 7.19. The van der Waals surface area contributed by atoms with E-state index in [1.54, 1.807) is 0 Å². The number of para-hydroxylation sites is 1. The number of hydrogen-bond donors (Lipinski definition) is 1. The molecule has 1 rings (SSSR count). The molecule has 0 aliphatic rings. The van der Waals surface area contributed by atoms with E-state index in [-0.39, 0.29) is 0 Å². The first kappa shape index (κ1) is 8.78. The molecular formula is C10H14N2. The van der Waals surface area contributed by atoms with E-state index in [1.165, 1.54) is 11.9 Å². The Bertz CT molecular complexity index is 268. The van der Waals surface area contributed by atoms with Crippen molar-refractivity contribution in [2.45, 2.75) is 13.8 Å². The summed E-state index contributed by atoms with van der Waals surface area (Å²) in [7, 11) is 0. The minimum atomic E-state index is 0.842. The van der Waals surface area contributed by atoms with E-state index < -0.39 is 0 Å². The van der Waals surface area contributed by atoms with Crippen molar-refractivity contribution in [1.29, 1.82) is 5.41 Å². The summed E-state index contributed by atoms with van der Waals surface area (Å²) in [6.45, 7) is 4.94. The number of hydrogen-bond acceptors (Lipinski definition) is 1. The van der Waals surface area contributed by atoms with Gasteiger partial charge in [0.25, 0.3) is 0 Å². The van der Waals surface area contributed by atoms with E-state index in [0.29, 0.717) is 0 Å². The Balaban J connectivity index is 3.00. The topological polar surface area (TPSA) is 27.1 Å². The molecule has 0 aromatic heterocycles. The van der Waals surface area contributed by atoms with Gasteiger partial charge in [-0.25, -0.2) is 0 Å². The van der Waals surface area contributed by atoms with Crippen LogP contribution in [0.4, 0.5) is 5.69 Å². The highest BCUT2D eigenvalue weighted by Gasteiger charge is 2.01. The molecule has 64 valence electrons. The van der Waals surface area contributed by atoms with Gasteiger partial charge in [-0.15, -0.1) is 0 Å². The van der Waals surface area contributed by atoms with Crippen molar-refractivity contribution in [1.82, 2.24) is 0 Å². The van der Waals surface area contributed by atoms with E-state index in [4.69, 9.17) is 5.41 Å². The van der Waals surface area contributed by atoms with Gasteiger partial charge >= 0.3 is 0 Å². The van der Waals surface area contributed by atoms with E-state index in [1.807, 2.05) is 30.0 Å². The molecule has 0 radical (unpaired) electrons. The molecule has 2 nitrogen and oxygen atoms in total. The van der Waals surface area contributed by atoms with Gasteiger partial charge in [-0.3, -0.25) is 5.41 Å². The van der Waals surface area contributed by atoms with Crippen LogP contribution in [0.1, 0.15) is 12.5 Å². The average Bonchev–Trinajstić information content (AvgIpc) is 2.10. The Morgan fingerprint density at radius 2 is 2.08 bits per heavy atom. The fourth-order valence-corrected chi connectivity index (χ4v) is 1.22. The predicted molar refractivity (Wildman–Crippen MR) is 53.0 cm³/mol. The van der Waals surface area contributed by atoms with Crippen molar-refractivity contribution in [2.24, 2.45) is 0 Å². The summed E-state index contributed by atoms with van der Waals surface area (Å²) >= 11 is 0. The Labute approximate surface area is 73.3 Å². The zero-order chi connectivity index (χ0) is 8.97. The maximum Gasteiger partial charge on any atom is 0.0861 e. The fourth-order valence-electron chi connectivity index (χ4n) is 1.22. The minimum Gasteiger partial charge on any atom is -0.333 e. The third-order valence-electron chi connectivity index (χ3n) is 1.92. The first-order valence-corrected chi connectivity index (χ1v) is 4.12. The standard InChI is InChI=1S/C10H14N2/c1-3-12(8-11)10-7-5-4-6-9(10)2/h4-8,11H,3H2,1-2H3. The van der Waals surface area contributed by atoms with Gasteiger partial charge < -0.3 is 4.90 Å². The smallest absolute Gasteiger partial charge is 0.0861 e. The van der Waals surface area contributed by atoms with E-state index in [9.17, 15) is 0 Å². The third-order valence-corrected chi connectivity index (χ3v) is 1.92. The van der Waals surface area contributed by atoms with Crippen LogP contribution in [0.15, 0.2) is 24.3 Å². The van der Waals surface area contributed by atoms with Crippen molar-refractivity contribution in [2.75, 3.05) is 11.4 Å². The lowest BCUT2D eigenvalue weighted by Gasteiger charge is -2.18. The summed E-state index contributed by atoms with van der Waals surface area (Å²) in [4.78, 5) is 1.91. The maximum atomic E-state index is 7.19. The Morgan fingerprint density at radius 1 is 1.42 bits per heavy atom. The number of anilines is 1. The van der Waals surface area contributed by atoms with Crippen LogP contribution in [0, 0.1) is 12.3 Å². The fraction of sp³-hybridized carbons (Fsp3) is 0.300. The molecule has 0 saturated carbocycles. The molecule has 0 spiro atoms. The molecular weight excluding hydrogens is 148 g/mol. The Hall–Kier alpha value is -1.31. The van der Waals surface area contributed by atoms with E-state index in [2.05, 4.69) is 13.0 Å².